The SMILES string of the molecule is C=N/C=N\C(N)=C(/C)C=N. The zero-order valence-corrected chi connectivity index (χ0v) is 5.83. The lowest BCUT2D eigenvalue weighted by Gasteiger charge is -1.92. The second-order valence-corrected chi connectivity index (χ2v) is 1.64. The molecule has 0 bridgehead atoms. The molecule has 10 heavy (non-hydrogen) atoms. The largest absolute Gasteiger partial charge is 0.383 e. The third-order valence-corrected chi connectivity index (χ3v) is 0.899. The Hall–Kier alpha value is -1.45. The topological polar surface area (TPSA) is 74.6 Å². The van der Waals surface area contributed by atoms with E-state index in [-0.39, 0.29) is 0 Å². The van der Waals surface area contributed by atoms with Gasteiger partial charge in [-0.1, -0.05) is 0 Å². The molecule has 0 saturated heterocycles. The van der Waals surface area contributed by atoms with Crippen molar-refractivity contribution in [2.45, 2.75) is 6.92 Å². The zero-order chi connectivity index (χ0) is 7.98. The average Bonchev–Trinajstić information content (AvgIpc) is 1.98. The van der Waals surface area contributed by atoms with Crippen LogP contribution in [-0.2, 0) is 0 Å². The van der Waals surface area contributed by atoms with Crippen LogP contribution in [0.25, 0.3) is 0 Å². The number of allylic oxidation sites excluding steroid dienone is 1. The van der Waals surface area contributed by atoms with Crippen LogP contribution in [0, 0.1) is 5.41 Å². The lowest BCUT2D eigenvalue weighted by atomic mass is 10.3. The summed E-state index contributed by atoms with van der Waals surface area (Å²) in [7, 11) is 0. The van der Waals surface area contributed by atoms with Crippen LogP contribution in [-0.4, -0.2) is 19.3 Å². The first-order chi connectivity index (χ1) is 4.72. The fourth-order valence-electron chi connectivity index (χ4n) is 0.279. The Balaban J connectivity index is 4.31. The van der Waals surface area contributed by atoms with Crippen LogP contribution in [0.2, 0.25) is 0 Å². The third kappa shape index (κ3) is 2.76. The molecule has 0 fully saturated rings. The molecular formula is C6H10N4. The van der Waals surface area contributed by atoms with Gasteiger partial charge in [-0.3, -0.25) is 4.99 Å². The van der Waals surface area contributed by atoms with Crippen molar-refractivity contribution in [3.05, 3.63) is 11.4 Å². The highest BCUT2D eigenvalue weighted by atomic mass is 14.9. The summed E-state index contributed by atoms with van der Waals surface area (Å²) in [5.41, 5.74) is 5.97. The van der Waals surface area contributed by atoms with Gasteiger partial charge in [-0.15, -0.1) is 0 Å². The molecule has 3 N–H and O–H groups in total. The van der Waals surface area contributed by atoms with Crippen LogP contribution in [0.4, 0.5) is 0 Å². The summed E-state index contributed by atoms with van der Waals surface area (Å²) in [6.45, 7) is 4.88. The second kappa shape index (κ2) is 4.43. The maximum Gasteiger partial charge on any atom is 0.129 e. The smallest absolute Gasteiger partial charge is 0.129 e. The van der Waals surface area contributed by atoms with Crippen molar-refractivity contribution in [3.63, 3.8) is 0 Å². The summed E-state index contributed by atoms with van der Waals surface area (Å²) in [5, 5.41) is 6.79. The van der Waals surface area contributed by atoms with Gasteiger partial charge in [0.15, 0.2) is 0 Å². The zero-order valence-electron chi connectivity index (χ0n) is 5.83. The van der Waals surface area contributed by atoms with E-state index >= 15 is 0 Å². The molecule has 0 aliphatic carbocycles. The lowest BCUT2D eigenvalue weighted by molar-refractivity contribution is 1.20. The molecule has 0 radical (unpaired) electrons. The number of rotatable bonds is 3. The molecule has 0 heterocycles. The van der Waals surface area contributed by atoms with Crippen LogP contribution in [0.15, 0.2) is 21.4 Å². The van der Waals surface area contributed by atoms with Crippen LogP contribution in [0.5, 0.6) is 0 Å². The van der Waals surface area contributed by atoms with E-state index in [2.05, 4.69) is 16.7 Å². The van der Waals surface area contributed by atoms with E-state index in [1.54, 1.807) is 6.92 Å². The summed E-state index contributed by atoms with van der Waals surface area (Å²) in [4.78, 5) is 7.03. The van der Waals surface area contributed by atoms with E-state index in [0.29, 0.717) is 11.4 Å². The van der Waals surface area contributed by atoms with Gasteiger partial charge in [0.1, 0.15) is 12.2 Å². The number of hydrogen-bond acceptors (Lipinski definition) is 3. The minimum atomic E-state index is 0.294. The number of nitrogens with zero attached hydrogens (tertiary/aromatic N) is 2. The van der Waals surface area contributed by atoms with Gasteiger partial charge in [0, 0.05) is 11.8 Å². The van der Waals surface area contributed by atoms with E-state index in [9.17, 15) is 0 Å². The molecular weight excluding hydrogens is 128 g/mol. The molecule has 0 aromatic rings. The molecule has 0 aromatic heterocycles. The van der Waals surface area contributed by atoms with E-state index in [1.807, 2.05) is 0 Å². The van der Waals surface area contributed by atoms with Crippen molar-refractivity contribution in [1.82, 2.24) is 0 Å². The van der Waals surface area contributed by atoms with Gasteiger partial charge >= 0.3 is 0 Å². The number of aliphatic imine (C=N–C) groups is 2. The fourth-order valence-corrected chi connectivity index (χ4v) is 0.279. The molecule has 0 atom stereocenters. The van der Waals surface area contributed by atoms with Crippen LogP contribution in [0.1, 0.15) is 6.92 Å². The Kier molecular flexibility index (Phi) is 3.79. The maximum atomic E-state index is 6.79. The third-order valence-electron chi connectivity index (χ3n) is 0.899. The Morgan fingerprint density at radius 1 is 1.70 bits per heavy atom. The highest BCUT2D eigenvalue weighted by Crippen LogP contribution is 1.93. The molecule has 0 amide bonds. The quantitative estimate of drug-likeness (QED) is 0.434. The van der Waals surface area contributed by atoms with E-state index in [0.717, 1.165) is 6.21 Å². The van der Waals surface area contributed by atoms with Crippen LogP contribution >= 0.6 is 0 Å². The summed E-state index contributed by atoms with van der Waals surface area (Å²) >= 11 is 0. The molecule has 54 valence electrons. The van der Waals surface area contributed by atoms with Gasteiger partial charge in [-0.25, -0.2) is 4.99 Å². The fraction of sp³-hybridized carbons (Fsp3) is 0.167. The molecule has 0 aliphatic rings. The van der Waals surface area contributed by atoms with Crippen molar-refractivity contribution in [3.8, 4) is 0 Å². The van der Waals surface area contributed by atoms with Crippen molar-refractivity contribution >= 4 is 19.3 Å². The van der Waals surface area contributed by atoms with Gasteiger partial charge in [0.05, 0.1) is 0 Å². The first-order valence-electron chi connectivity index (χ1n) is 2.67. The summed E-state index contributed by atoms with van der Waals surface area (Å²) < 4.78 is 0. The van der Waals surface area contributed by atoms with E-state index in [1.165, 1.54) is 6.34 Å². The number of nitrogens with one attached hydrogen (secondary N) is 1. The molecule has 4 nitrogen and oxygen atoms in total. The minimum Gasteiger partial charge on any atom is -0.383 e. The van der Waals surface area contributed by atoms with Crippen molar-refractivity contribution in [2.75, 3.05) is 0 Å². The van der Waals surface area contributed by atoms with E-state index < -0.39 is 0 Å². The highest BCUT2D eigenvalue weighted by molar-refractivity contribution is 5.76. The lowest BCUT2D eigenvalue weighted by Crippen LogP contribution is -1.98. The Bertz CT molecular complexity index is 190. The first kappa shape index (κ1) is 8.55. The van der Waals surface area contributed by atoms with Crippen molar-refractivity contribution < 1.29 is 0 Å². The molecule has 0 spiro atoms. The Morgan fingerprint density at radius 3 is 2.70 bits per heavy atom. The number of hydrogen-bond donors (Lipinski definition) is 2. The van der Waals surface area contributed by atoms with Crippen molar-refractivity contribution in [2.24, 2.45) is 15.7 Å². The molecule has 0 aromatic carbocycles. The molecule has 0 unspecified atom stereocenters. The predicted molar refractivity (Wildman–Crippen MR) is 43.7 cm³/mol. The monoisotopic (exact) mass is 138 g/mol. The molecule has 0 saturated carbocycles. The van der Waals surface area contributed by atoms with Gasteiger partial charge in [0.2, 0.25) is 0 Å². The molecule has 0 rings (SSSR count). The van der Waals surface area contributed by atoms with Crippen molar-refractivity contribution in [1.29, 1.82) is 5.41 Å². The molecule has 4 heteroatoms. The normalized spacial score (nSPS) is 12.9. The Morgan fingerprint density at radius 2 is 2.30 bits per heavy atom. The average molecular weight is 138 g/mol. The van der Waals surface area contributed by atoms with Gasteiger partial charge in [-0.2, -0.15) is 0 Å². The molecule has 0 aliphatic heterocycles. The summed E-state index contributed by atoms with van der Waals surface area (Å²) in [6.07, 6.45) is 2.37. The van der Waals surface area contributed by atoms with Gasteiger partial charge in [0.25, 0.3) is 0 Å². The van der Waals surface area contributed by atoms with Crippen LogP contribution < -0.4 is 5.73 Å². The number of nitrogens with two attached hydrogens (primary N) is 1. The highest BCUT2D eigenvalue weighted by Gasteiger charge is 1.87. The maximum absolute atomic E-state index is 6.79. The predicted octanol–water partition coefficient (Wildman–Crippen LogP) is 0.555. The standard InChI is InChI=1S/C6H10N4/c1-5(3-7)6(8)10-4-9-2/h3-4,7H,2,8H2,1H3/b6-5+,7-3?,10-4-. The summed E-state index contributed by atoms with van der Waals surface area (Å²) in [6, 6.07) is 0. The van der Waals surface area contributed by atoms with Crippen LogP contribution in [0.3, 0.4) is 0 Å². The summed E-state index contributed by atoms with van der Waals surface area (Å²) in [5.74, 6) is 0.294. The first-order valence-corrected chi connectivity index (χ1v) is 2.67. The second-order valence-electron chi connectivity index (χ2n) is 1.64. The van der Waals surface area contributed by atoms with E-state index in [4.69, 9.17) is 11.1 Å². The van der Waals surface area contributed by atoms with Gasteiger partial charge in [-0.05, 0) is 13.6 Å². The minimum absolute atomic E-state index is 0.294. The van der Waals surface area contributed by atoms with Gasteiger partial charge < -0.3 is 11.1 Å². The Labute approximate surface area is 59.7 Å².